The lowest BCUT2D eigenvalue weighted by atomic mass is 10.1. The average Bonchev–Trinajstić information content (AvgIpc) is 3.25. The van der Waals surface area contributed by atoms with Gasteiger partial charge in [-0.05, 0) is 30.9 Å². The molecule has 20 heavy (non-hydrogen) atoms. The fourth-order valence-electron chi connectivity index (χ4n) is 2.08. The third-order valence-corrected chi connectivity index (χ3v) is 3.51. The molecule has 1 aromatic carbocycles. The van der Waals surface area contributed by atoms with Crippen LogP contribution in [0.2, 0.25) is 5.15 Å². The Morgan fingerprint density at radius 1 is 1.25 bits per heavy atom. The van der Waals surface area contributed by atoms with Gasteiger partial charge < -0.3 is 5.32 Å². The molecule has 3 nitrogen and oxygen atoms in total. The van der Waals surface area contributed by atoms with E-state index in [2.05, 4.69) is 15.3 Å². The number of anilines is 1. The first-order valence-electron chi connectivity index (χ1n) is 6.74. The third-order valence-electron chi connectivity index (χ3n) is 3.31. The van der Waals surface area contributed by atoms with Crippen LogP contribution in [0.25, 0.3) is 0 Å². The number of nitrogens with zero attached hydrogens (tertiary/aromatic N) is 2. The SMILES string of the molecule is Fc1ccccc1CCNc1cc(Cl)nc(C2CC2)n1. The van der Waals surface area contributed by atoms with E-state index in [-0.39, 0.29) is 5.82 Å². The molecule has 1 N–H and O–H groups in total. The normalized spacial score (nSPS) is 14.3. The Morgan fingerprint density at radius 3 is 2.80 bits per heavy atom. The average molecular weight is 292 g/mol. The van der Waals surface area contributed by atoms with Crippen LogP contribution in [0.15, 0.2) is 30.3 Å². The van der Waals surface area contributed by atoms with Crippen LogP contribution >= 0.6 is 11.6 Å². The molecular formula is C15H15ClFN3. The lowest BCUT2D eigenvalue weighted by Gasteiger charge is -2.08. The van der Waals surface area contributed by atoms with Gasteiger partial charge in [-0.2, -0.15) is 0 Å². The largest absolute Gasteiger partial charge is 0.370 e. The van der Waals surface area contributed by atoms with Crippen LogP contribution in [0.3, 0.4) is 0 Å². The van der Waals surface area contributed by atoms with Gasteiger partial charge in [0, 0.05) is 18.5 Å². The summed E-state index contributed by atoms with van der Waals surface area (Å²) < 4.78 is 13.5. The summed E-state index contributed by atoms with van der Waals surface area (Å²) in [6.07, 6.45) is 2.87. The molecule has 0 radical (unpaired) electrons. The number of nitrogens with one attached hydrogen (secondary N) is 1. The molecule has 0 bridgehead atoms. The van der Waals surface area contributed by atoms with E-state index < -0.39 is 0 Å². The molecule has 0 saturated heterocycles. The maximum absolute atomic E-state index is 13.5. The molecule has 1 aliphatic carbocycles. The van der Waals surface area contributed by atoms with Crippen molar-refractivity contribution in [2.24, 2.45) is 0 Å². The quantitative estimate of drug-likeness (QED) is 0.852. The first-order chi connectivity index (χ1) is 9.72. The summed E-state index contributed by atoms with van der Waals surface area (Å²) in [5, 5.41) is 3.64. The predicted molar refractivity (Wildman–Crippen MR) is 77.6 cm³/mol. The first-order valence-corrected chi connectivity index (χ1v) is 7.12. The van der Waals surface area contributed by atoms with Crippen molar-refractivity contribution in [3.63, 3.8) is 0 Å². The fraction of sp³-hybridized carbons (Fsp3) is 0.333. The van der Waals surface area contributed by atoms with Gasteiger partial charge in [0.1, 0.15) is 22.6 Å². The number of halogens is 2. The summed E-state index contributed by atoms with van der Waals surface area (Å²) in [4.78, 5) is 8.68. The molecule has 1 saturated carbocycles. The van der Waals surface area contributed by atoms with Crippen LogP contribution in [-0.2, 0) is 6.42 Å². The van der Waals surface area contributed by atoms with E-state index in [1.807, 2.05) is 6.07 Å². The van der Waals surface area contributed by atoms with Gasteiger partial charge >= 0.3 is 0 Å². The van der Waals surface area contributed by atoms with Crippen molar-refractivity contribution >= 4 is 17.4 Å². The molecule has 0 atom stereocenters. The van der Waals surface area contributed by atoms with Gasteiger partial charge in [0.2, 0.25) is 0 Å². The van der Waals surface area contributed by atoms with Crippen LogP contribution in [0.4, 0.5) is 10.2 Å². The fourth-order valence-corrected chi connectivity index (χ4v) is 2.27. The summed E-state index contributed by atoms with van der Waals surface area (Å²) in [5.74, 6) is 1.81. The van der Waals surface area contributed by atoms with Crippen molar-refractivity contribution in [2.75, 3.05) is 11.9 Å². The maximum Gasteiger partial charge on any atom is 0.135 e. The molecule has 5 heteroatoms. The topological polar surface area (TPSA) is 37.8 Å². The predicted octanol–water partition coefficient (Wildman–Crippen LogP) is 3.80. The van der Waals surface area contributed by atoms with Crippen LogP contribution in [-0.4, -0.2) is 16.5 Å². The highest BCUT2D eigenvalue weighted by atomic mass is 35.5. The van der Waals surface area contributed by atoms with Crippen molar-refractivity contribution in [1.82, 2.24) is 9.97 Å². The third kappa shape index (κ3) is 3.25. The maximum atomic E-state index is 13.5. The van der Waals surface area contributed by atoms with Crippen LogP contribution in [0, 0.1) is 5.82 Å². The molecule has 0 aliphatic heterocycles. The molecule has 1 fully saturated rings. The second kappa shape index (κ2) is 5.75. The molecule has 1 aromatic heterocycles. The van der Waals surface area contributed by atoms with Gasteiger partial charge in [0.15, 0.2) is 0 Å². The molecule has 104 valence electrons. The summed E-state index contributed by atoms with van der Waals surface area (Å²) in [6.45, 7) is 0.610. The van der Waals surface area contributed by atoms with E-state index >= 15 is 0 Å². The number of rotatable bonds is 5. The molecule has 0 unspecified atom stereocenters. The van der Waals surface area contributed by atoms with Gasteiger partial charge in [-0.15, -0.1) is 0 Å². The number of hydrogen-bond donors (Lipinski definition) is 1. The molecule has 0 amide bonds. The molecule has 3 rings (SSSR count). The minimum Gasteiger partial charge on any atom is -0.370 e. The zero-order valence-corrected chi connectivity index (χ0v) is 11.7. The summed E-state index contributed by atoms with van der Waals surface area (Å²) in [6, 6.07) is 8.50. The summed E-state index contributed by atoms with van der Waals surface area (Å²) in [5.41, 5.74) is 0.697. The van der Waals surface area contributed by atoms with Gasteiger partial charge in [0.05, 0.1) is 0 Å². The van der Waals surface area contributed by atoms with Crippen LogP contribution in [0.5, 0.6) is 0 Å². The molecular weight excluding hydrogens is 277 g/mol. The van der Waals surface area contributed by atoms with E-state index in [0.717, 1.165) is 18.7 Å². The lowest BCUT2D eigenvalue weighted by Crippen LogP contribution is -2.08. The van der Waals surface area contributed by atoms with Crippen molar-refractivity contribution in [1.29, 1.82) is 0 Å². The molecule has 1 aliphatic rings. The Bertz CT molecular complexity index is 614. The van der Waals surface area contributed by atoms with Crippen molar-refractivity contribution < 1.29 is 4.39 Å². The number of aromatic nitrogens is 2. The zero-order valence-electron chi connectivity index (χ0n) is 10.9. The highest BCUT2D eigenvalue weighted by molar-refractivity contribution is 6.29. The van der Waals surface area contributed by atoms with Crippen molar-refractivity contribution in [2.45, 2.75) is 25.2 Å². The van der Waals surface area contributed by atoms with Crippen LogP contribution < -0.4 is 5.32 Å². The Morgan fingerprint density at radius 2 is 2.05 bits per heavy atom. The van der Waals surface area contributed by atoms with Gasteiger partial charge in [-0.1, -0.05) is 29.8 Å². The van der Waals surface area contributed by atoms with E-state index in [0.29, 0.717) is 35.4 Å². The highest BCUT2D eigenvalue weighted by Gasteiger charge is 2.27. The number of hydrogen-bond acceptors (Lipinski definition) is 3. The molecule has 2 aromatic rings. The van der Waals surface area contributed by atoms with E-state index in [9.17, 15) is 4.39 Å². The number of benzene rings is 1. The summed E-state index contributed by atoms with van der Waals surface area (Å²) >= 11 is 5.99. The first kappa shape index (κ1) is 13.3. The molecule has 0 spiro atoms. The zero-order chi connectivity index (χ0) is 13.9. The van der Waals surface area contributed by atoms with E-state index in [4.69, 9.17) is 11.6 Å². The Labute approximate surface area is 122 Å². The lowest BCUT2D eigenvalue weighted by molar-refractivity contribution is 0.610. The second-order valence-corrected chi connectivity index (χ2v) is 5.36. The minimum atomic E-state index is -0.173. The standard InChI is InChI=1S/C15H15ClFN3/c16-13-9-14(20-15(19-13)11-5-6-11)18-8-7-10-3-1-2-4-12(10)17/h1-4,9,11H,5-8H2,(H,18,19,20). The molecule has 1 heterocycles. The van der Waals surface area contributed by atoms with Crippen LogP contribution in [0.1, 0.15) is 30.1 Å². The van der Waals surface area contributed by atoms with Gasteiger partial charge in [-0.3, -0.25) is 0 Å². The van der Waals surface area contributed by atoms with Crippen molar-refractivity contribution in [3.8, 4) is 0 Å². The Balaban J connectivity index is 1.62. The second-order valence-electron chi connectivity index (χ2n) is 4.98. The van der Waals surface area contributed by atoms with E-state index in [1.54, 1.807) is 18.2 Å². The Kier molecular flexibility index (Phi) is 3.83. The smallest absolute Gasteiger partial charge is 0.135 e. The van der Waals surface area contributed by atoms with Gasteiger partial charge in [-0.25, -0.2) is 14.4 Å². The summed E-state index contributed by atoms with van der Waals surface area (Å²) in [7, 11) is 0. The monoisotopic (exact) mass is 291 g/mol. The highest BCUT2D eigenvalue weighted by Crippen LogP contribution is 2.38. The van der Waals surface area contributed by atoms with E-state index in [1.165, 1.54) is 6.07 Å². The minimum absolute atomic E-state index is 0.173. The van der Waals surface area contributed by atoms with Gasteiger partial charge in [0.25, 0.3) is 0 Å². The Hall–Kier alpha value is -1.68. The van der Waals surface area contributed by atoms with Crippen molar-refractivity contribution in [3.05, 3.63) is 52.7 Å².